The molecule has 0 spiro atoms. The van der Waals surface area contributed by atoms with E-state index in [1.807, 2.05) is 30.9 Å². The molecule has 110 valence electrons. The molecule has 1 aromatic rings. The fraction of sp³-hybridized carbons (Fsp3) is 0.571. The van der Waals surface area contributed by atoms with Crippen molar-refractivity contribution < 1.29 is 9.59 Å². The second-order valence-electron chi connectivity index (χ2n) is 5.18. The Bertz CT molecular complexity index is 487. The number of rotatable bonds is 5. The second kappa shape index (κ2) is 6.74. The summed E-state index contributed by atoms with van der Waals surface area (Å²) < 4.78 is 0. The van der Waals surface area contributed by atoms with E-state index in [1.54, 1.807) is 11.3 Å². The second-order valence-corrected chi connectivity index (χ2v) is 6.47. The van der Waals surface area contributed by atoms with Crippen molar-refractivity contribution in [3.8, 4) is 0 Å². The van der Waals surface area contributed by atoms with E-state index in [1.165, 1.54) is 4.88 Å². The number of carbonyl (C=O) groups excluding carboxylic acids is 2. The number of hydrogen-bond donors (Lipinski definition) is 2. The third-order valence-corrected chi connectivity index (χ3v) is 4.27. The van der Waals surface area contributed by atoms with E-state index in [4.69, 9.17) is 0 Å². The van der Waals surface area contributed by atoms with Crippen molar-refractivity contribution in [2.24, 2.45) is 0 Å². The van der Waals surface area contributed by atoms with E-state index in [2.05, 4.69) is 10.6 Å². The van der Waals surface area contributed by atoms with Crippen molar-refractivity contribution in [1.82, 2.24) is 10.2 Å². The number of hydrogen-bond acceptors (Lipinski definition) is 3. The van der Waals surface area contributed by atoms with Gasteiger partial charge in [0, 0.05) is 30.4 Å². The maximum atomic E-state index is 11.8. The zero-order valence-corrected chi connectivity index (χ0v) is 12.8. The minimum atomic E-state index is -0.188. The highest BCUT2D eigenvalue weighted by Crippen LogP contribution is 2.20. The molecule has 2 N–H and O–H groups in total. The van der Waals surface area contributed by atoms with Gasteiger partial charge in [-0.15, -0.1) is 11.3 Å². The molecule has 5 nitrogen and oxygen atoms in total. The van der Waals surface area contributed by atoms with E-state index < -0.39 is 0 Å². The first-order valence-corrected chi connectivity index (χ1v) is 7.78. The summed E-state index contributed by atoms with van der Waals surface area (Å²) in [6.45, 7) is 5.54. The zero-order valence-electron chi connectivity index (χ0n) is 11.9. The lowest BCUT2D eigenvalue weighted by Crippen LogP contribution is -2.38. The van der Waals surface area contributed by atoms with Gasteiger partial charge in [0.15, 0.2) is 0 Å². The Hall–Kier alpha value is -1.56. The predicted octanol–water partition coefficient (Wildman–Crippen LogP) is 2.58. The molecule has 1 saturated heterocycles. The van der Waals surface area contributed by atoms with Gasteiger partial charge in [-0.05, 0) is 38.8 Å². The van der Waals surface area contributed by atoms with Crippen molar-refractivity contribution >= 4 is 28.3 Å². The molecular formula is C14H21N3O2S. The highest BCUT2D eigenvalue weighted by molar-refractivity contribution is 7.16. The van der Waals surface area contributed by atoms with E-state index >= 15 is 0 Å². The molecule has 2 rings (SSSR count). The number of nitrogens with one attached hydrogen (secondary N) is 2. The number of amides is 3. The van der Waals surface area contributed by atoms with Gasteiger partial charge < -0.3 is 10.2 Å². The number of aryl methyl sites for hydroxylation is 1. The monoisotopic (exact) mass is 295 g/mol. The molecule has 20 heavy (non-hydrogen) atoms. The van der Waals surface area contributed by atoms with Crippen LogP contribution in [0.1, 0.15) is 31.1 Å². The lowest BCUT2D eigenvalue weighted by atomic mass is 10.2. The van der Waals surface area contributed by atoms with Crippen molar-refractivity contribution in [2.75, 3.05) is 18.4 Å². The molecule has 0 unspecified atom stereocenters. The molecule has 3 amide bonds. The Kier molecular flexibility index (Phi) is 5.00. The largest absolute Gasteiger partial charge is 0.343 e. The van der Waals surface area contributed by atoms with Crippen LogP contribution < -0.4 is 10.6 Å². The Morgan fingerprint density at radius 1 is 1.50 bits per heavy atom. The van der Waals surface area contributed by atoms with Crippen LogP contribution in [0, 0.1) is 6.92 Å². The maximum Gasteiger partial charge on any atom is 0.320 e. The van der Waals surface area contributed by atoms with E-state index in [0.29, 0.717) is 6.42 Å². The fourth-order valence-electron chi connectivity index (χ4n) is 2.24. The standard InChI is InChI=1S/C14H21N3O2S/c1-10(7-9-17-8-3-4-13(17)18)15-14(19)16-12-6-5-11(2)20-12/h5-6,10H,3-4,7-9H2,1-2H3,(H2,15,16,19)/t10-/m1/s1. The third kappa shape index (κ3) is 4.23. The molecule has 1 fully saturated rings. The minimum Gasteiger partial charge on any atom is -0.343 e. The average Bonchev–Trinajstić information content (AvgIpc) is 2.96. The molecule has 1 aromatic heterocycles. The van der Waals surface area contributed by atoms with Crippen molar-refractivity contribution in [3.63, 3.8) is 0 Å². The first kappa shape index (κ1) is 14.8. The molecule has 0 aromatic carbocycles. The van der Waals surface area contributed by atoms with Crippen LogP contribution >= 0.6 is 11.3 Å². The lowest BCUT2D eigenvalue weighted by Gasteiger charge is -2.19. The third-order valence-electron chi connectivity index (χ3n) is 3.36. The summed E-state index contributed by atoms with van der Waals surface area (Å²) >= 11 is 1.55. The highest BCUT2D eigenvalue weighted by Gasteiger charge is 2.20. The molecule has 1 aliphatic heterocycles. The van der Waals surface area contributed by atoms with Crippen LogP contribution in [0.3, 0.4) is 0 Å². The topological polar surface area (TPSA) is 61.4 Å². The van der Waals surface area contributed by atoms with Crippen molar-refractivity contribution in [3.05, 3.63) is 17.0 Å². The van der Waals surface area contributed by atoms with Gasteiger partial charge in [0.05, 0.1) is 5.00 Å². The SMILES string of the molecule is Cc1ccc(NC(=O)N[C@H](C)CCN2CCCC2=O)s1. The molecular weight excluding hydrogens is 274 g/mol. The number of thiophene rings is 1. The molecule has 1 aliphatic rings. The minimum absolute atomic E-state index is 0.0458. The van der Waals surface area contributed by atoms with Gasteiger partial charge in [-0.3, -0.25) is 10.1 Å². The van der Waals surface area contributed by atoms with Crippen LogP contribution in [0.25, 0.3) is 0 Å². The number of carbonyl (C=O) groups is 2. The molecule has 6 heteroatoms. The maximum absolute atomic E-state index is 11.8. The van der Waals surface area contributed by atoms with Gasteiger partial charge in [0.2, 0.25) is 5.91 Å². The van der Waals surface area contributed by atoms with Crippen LogP contribution in [-0.2, 0) is 4.79 Å². The first-order chi connectivity index (χ1) is 9.54. The van der Waals surface area contributed by atoms with Crippen LogP contribution in [0.15, 0.2) is 12.1 Å². The summed E-state index contributed by atoms with van der Waals surface area (Å²) in [6, 6.07) is 3.73. The van der Waals surface area contributed by atoms with Crippen LogP contribution in [0.5, 0.6) is 0 Å². The highest BCUT2D eigenvalue weighted by atomic mass is 32.1. The molecule has 0 bridgehead atoms. The van der Waals surface area contributed by atoms with Crippen LogP contribution in [0.4, 0.5) is 9.80 Å². The Morgan fingerprint density at radius 2 is 2.30 bits per heavy atom. The summed E-state index contributed by atoms with van der Waals surface area (Å²) in [4.78, 5) is 26.3. The van der Waals surface area contributed by atoms with Gasteiger partial charge in [-0.2, -0.15) is 0 Å². The Labute approximate surface area is 123 Å². The lowest BCUT2D eigenvalue weighted by molar-refractivity contribution is -0.127. The Balaban J connectivity index is 1.69. The van der Waals surface area contributed by atoms with Gasteiger partial charge in [-0.25, -0.2) is 4.79 Å². The Morgan fingerprint density at radius 3 is 2.90 bits per heavy atom. The summed E-state index contributed by atoms with van der Waals surface area (Å²) in [5.74, 6) is 0.232. The predicted molar refractivity (Wildman–Crippen MR) is 81.1 cm³/mol. The molecule has 2 heterocycles. The fourth-order valence-corrected chi connectivity index (χ4v) is 3.00. The summed E-state index contributed by atoms with van der Waals surface area (Å²) in [7, 11) is 0. The zero-order chi connectivity index (χ0) is 14.5. The van der Waals surface area contributed by atoms with Crippen molar-refractivity contribution in [1.29, 1.82) is 0 Å². The summed E-state index contributed by atoms with van der Waals surface area (Å²) in [5.41, 5.74) is 0. The van der Waals surface area contributed by atoms with Crippen molar-refractivity contribution in [2.45, 2.75) is 39.2 Å². The van der Waals surface area contributed by atoms with Crippen LogP contribution in [0.2, 0.25) is 0 Å². The van der Waals surface area contributed by atoms with Gasteiger partial charge in [0.25, 0.3) is 0 Å². The normalized spacial score (nSPS) is 16.3. The number of anilines is 1. The number of urea groups is 1. The van der Waals surface area contributed by atoms with Gasteiger partial charge >= 0.3 is 6.03 Å². The van der Waals surface area contributed by atoms with E-state index in [-0.39, 0.29) is 18.0 Å². The first-order valence-electron chi connectivity index (χ1n) is 6.96. The summed E-state index contributed by atoms with van der Waals surface area (Å²) in [5, 5.41) is 6.56. The van der Waals surface area contributed by atoms with Crippen LogP contribution in [-0.4, -0.2) is 36.0 Å². The number of likely N-dealkylation sites (tertiary alicyclic amines) is 1. The molecule has 0 radical (unpaired) electrons. The van der Waals surface area contributed by atoms with Gasteiger partial charge in [0.1, 0.15) is 0 Å². The average molecular weight is 295 g/mol. The molecule has 1 atom stereocenters. The smallest absolute Gasteiger partial charge is 0.320 e. The summed E-state index contributed by atoms with van der Waals surface area (Å²) in [6.07, 6.45) is 2.40. The van der Waals surface area contributed by atoms with Gasteiger partial charge in [-0.1, -0.05) is 0 Å². The number of nitrogens with zero attached hydrogens (tertiary/aromatic N) is 1. The molecule has 0 saturated carbocycles. The quantitative estimate of drug-likeness (QED) is 0.877. The molecule has 0 aliphatic carbocycles. The van der Waals surface area contributed by atoms with E-state index in [9.17, 15) is 9.59 Å². The van der Waals surface area contributed by atoms with E-state index in [0.717, 1.165) is 30.9 Å².